The van der Waals surface area contributed by atoms with Crippen LogP contribution in [0.2, 0.25) is 0 Å². The van der Waals surface area contributed by atoms with Gasteiger partial charge in [-0.1, -0.05) is 0 Å². The highest BCUT2D eigenvalue weighted by molar-refractivity contribution is 5.38. The predicted octanol–water partition coefficient (Wildman–Crippen LogP) is 1.81. The Morgan fingerprint density at radius 3 is 2.52 bits per heavy atom. The van der Waals surface area contributed by atoms with Gasteiger partial charge < -0.3 is 20.1 Å². The zero-order valence-electron chi connectivity index (χ0n) is 13.3. The summed E-state index contributed by atoms with van der Waals surface area (Å²) in [4.78, 5) is 11.2. The van der Waals surface area contributed by atoms with Gasteiger partial charge >= 0.3 is 0 Å². The molecule has 0 saturated carbocycles. The lowest BCUT2D eigenvalue weighted by Crippen LogP contribution is -2.46. The lowest BCUT2D eigenvalue weighted by Gasteiger charge is -2.38. The summed E-state index contributed by atoms with van der Waals surface area (Å²) in [5.74, 6) is 1.25. The SMILES string of the molecule is COC1CC2CCC(C1)N2c1ncc(OC/C(=C/F)CN)cn1. The maximum Gasteiger partial charge on any atom is 0.226 e. The predicted molar refractivity (Wildman–Crippen MR) is 85.1 cm³/mol. The summed E-state index contributed by atoms with van der Waals surface area (Å²) < 4.78 is 23.4. The second kappa shape index (κ2) is 7.23. The Morgan fingerprint density at radius 1 is 1.35 bits per heavy atom. The van der Waals surface area contributed by atoms with Crippen LogP contribution in [0.5, 0.6) is 5.75 Å². The molecule has 0 aliphatic carbocycles. The fraction of sp³-hybridized carbons (Fsp3) is 0.625. The van der Waals surface area contributed by atoms with Crippen LogP contribution in [0.3, 0.4) is 0 Å². The summed E-state index contributed by atoms with van der Waals surface area (Å²) in [6.07, 6.45) is 8.46. The number of methoxy groups -OCH3 is 1. The Balaban J connectivity index is 1.64. The van der Waals surface area contributed by atoms with Crippen molar-refractivity contribution in [1.29, 1.82) is 0 Å². The zero-order valence-corrected chi connectivity index (χ0v) is 13.3. The van der Waals surface area contributed by atoms with E-state index in [1.165, 1.54) is 0 Å². The standard InChI is InChI=1S/C16H23FN4O2/c1-22-14-4-12-2-3-13(5-14)21(12)16-19-8-15(9-20-16)23-10-11(6-17)7-18/h6,8-9,12-14H,2-5,7,10,18H2,1H3/b11-6+. The first-order chi connectivity index (χ1) is 11.2. The summed E-state index contributed by atoms with van der Waals surface area (Å²) in [6.45, 7) is 0.243. The molecule has 1 aromatic rings. The van der Waals surface area contributed by atoms with Crippen LogP contribution in [0.15, 0.2) is 24.3 Å². The van der Waals surface area contributed by atoms with Crippen LogP contribution in [-0.2, 0) is 4.74 Å². The van der Waals surface area contributed by atoms with Crippen molar-refractivity contribution in [2.75, 3.05) is 25.2 Å². The van der Waals surface area contributed by atoms with E-state index in [1.807, 2.05) is 0 Å². The maximum atomic E-state index is 12.5. The van der Waals surface area contributed by atoms with Gasteiger partial charge in [0.25, 0.3) is 0 Å². The lowest BCUT2D eigenvalue weighted by molar-refractivity contribution is 0.0680. The number of piperidine rings is 1. The molecule has 0 radical (unpaired) electrons. The number of hydrogen-bond donors (Lipinski definition) is 1. The van der Waals surface area contributed by atoms with Gasteiger partial charge in [0.2, 0.25) is 5.95 Å². The van der Waals surface area contributed by atoms with E-state index in [9.17, 15) is 4.39 Å². The summed E-state index contributed by atoms with van der Waals surface area (Å²) in [7, 11) is 1.78. The topological polar surface area (TPSA) is 73.5 Å². The summed E-state index contributed by atoms with van der Waals surface area (Å²) in [5.41, 5.74) is 5.79. The molecule has 3 rings (SSSR count). The van der Waals surface area contributed by atoms with Crippen LogP contribution in [0.25, 0.3) is 0 Å². The van der Waals surface area contributed by atoms with E-state index < -0.39 is 0 Å². The molecule has 2 unspecified atom stereocenters. The molecule has 2 fully saturated rings. The van der Waals surface area contributed by atoms with Crippen molar-refractivity contribution >= 4 is 5.95 Å². The largest absolute Gasteiger partial charge is 0.486 e. The van der Waals surface area contributed by atoms with Crippen LogP contribution >= 0.6 is 0 Å². The van der Waals surface area contributed by atoms with E-state index in [-0.39, 0.29) is 13.2 Å². The average Bonchev–Trinajstić information content (AvgIpc) is 2.86. The van der Waals surface area contributed by atoms with Crippen LogP contribution in [0, 0.1) is 0 Å². The van der Waals surface area contributed by atoms with Crippen LogP contribution in [-0.4, -0.2) is 48.4 Å². The molecule has 7 heteroatoms. The fourth-order valence-corrected chi connectivity index (χ4v) is 3.47. The van der Waals surface area contributed by atoms with Gasteiger partial charge in [0, 0.05) is 31.3 Å². The molecule has 2 aliphatic heterocycles. The van der Waals surface area contributed by atoms with Crippen molar-refractivity contribution in [3.05, 3.63) is 24.3 Å². The molecule has 2 saturated heterocycles. The minimum absolute atomic E-state index is 0.111. The molecule has 3 heterocycles. The zero-order chi connectivity index (χ0) is 16.2. The first-order valence-corrected chi connectivity index (χ1v) is 7.99. The third-order valence-corrected chi connectivity index (χ3v) is 4.71. The Morgan fingerprint density at radius 2 is 2.00 bits per heavy atom. The van der Waals surface area contributed by atoms with Gasteiger partial charge in [-0.25, -0.2) is 14.4 Å². The second-order valence-corrected chi connectivity index (χ2v) is 6.10. The van der Waals surface area contributed by atoms with E-state index in [0.29, 0.717) is 35.8 Å². The monoisotopic (exact) mass is 322 g/mol. The molecule has 2 bridgehead atoms. The van der Waals surface area contributed by atoms with Gasteiger partial charge in [0.1, 0.15) is 6.61 Å². The second-order valence-electron chi connectivity index (χ2n) is 6.10. The van der Waals surface area contributed by atoms with Crippen LogP contribution in [0.1, 0.15) is 25.7 Å². The minimum atomic E-state index is 0.111. The number of ether oxygens (including phenoxy) is 2. The molecule has 0 aromatic carbocycles. The average molecular weight is 322 g/mol. The van der Waals surface area contributed by atoms with Gasteiger partial charge in [-0.3, -0.25) is 0 Å². The van der Waals surface area contributed by atoms with E-state index in [4.69, 9.17) is 15.2 Å². The number of hydrogen-bond acceptors (Lipinski definition) is 6. The molecule has 6 nitrogen and oxygen atoms in total. The highest BCUT2D eigenvalue weighted by Gasteiger charge is 2.42. The Labute approximate surface area is 135 Å². The van der Waals surface area contributed by atoms with E-state index in [1.54, 1.807) is 19.5 Å². The normalized spacial score (nSPS) is 27.3. The molecule has 1 aromatic heterocycles. The fourth-order valence-electron chi connectivity index (χ4n) is 3.47. The summed E-state index contributed by atoms with van der Waals surface area (Å²) in [6, 6.07) is 0.896. The number of aromatic nitrogens is 2. The highest BCUT2D eigenvalue weighted by atomic mass is 19.1. The van der Waals surface area contributed by atoms with E-state index in [0.717, 1.165) is 31.6 Å². The molecular weight excluding hydrogens is 299 g/mol. The summed E-state index contributed by atoms with van der Waals surface area (Å²) in [5, 5.41) is 0. The number of rotatable bonds is 6. The smallest absolute Gasteiger partial charge is 0.226 e. The minimum Gasteiger partial charge on any atom is -0.486 e. The van der Waals surface area contributed by atoms with Gasteiger partial charge in [-0.05, 0) is 25.7 Å². The van der Waals surface area contributed by atoms with Crippen LogP contribution < -0.4 is 15.4 Å². The highest BCUT2D eigenvalue weighted by Crippen LogP contribution is 2.38. The molecule has 2 atom stereocenters. The number of anilines is 1. The molecule has 0 spiro atoms. The maximum absolute atomic E-state index is 12.5. The van der Waals surface area contributed by atoms with Crippen molar-refractivity contribution in [2.24, 2.45) is 5.73 Å². The number of halogens is 1. The number of fused-ring (bicyclic) bond motifs is 2. The quantitative estimate of drug-likeness (QED) is 0.861. The molecule has 0 amide bonds. The third-order valence-electron chi connectivity index (χ3n) is 4.71. The van der Waals surface area contributed by atoms with Gasteiger partial charge in [-0.15, -0.1) is 0 Å². The van der Waals surface area contributed by atoms with Gasteiger partial charge in [0.05, 0.1) is 24.8 Å². The lowest BCUT2D eigenvalue weighted by atomic mass is 10.0. The Bertz CT molecular complexity index is 538. The Kier molecular flexibility index (Phi) is 5.07. The first-order valence-electron chi connectivity index (χ1n) is 7.99. The van der Waals surface area contributed by atoms with E-state index in [2.05, 4.69) is 14.9 Å². The van der Waals surface area contributed by atoms with Crippen molar-refractivity contribution in [1.82, 2.24) is 9.97 Å². The van der Waals surface area contributed by atoms with Crippen molar-refractivity contribution in [3.8, 4) is 5.75 Å². The third kappa shape index (κ3) is 3.45. The molecule has 23 heavy (non-hydrogen) atoms. The van der Waals surface area contributed by atoms with Crippen LogP contribution in [0.4, 0.5) is 10.3 Å². The van der Waals surface area contributed by atoms with Gasteiger partial charge in [-0.2, -0.15) is 0 Å². The summed E-state index contributed by atoms with van der Waals surface area (Å²) >= 11 is 0. The molecule has 2 aliphatic rings. The molecule has 126 valence electrons. The first kappa shape index (κ1) is 16.1. The van der Waals surface area contributed by atoms with Gasteiger partial charge in [0.15, 0.2) is 5.75 Å². The number of nitrogens with two attached hydrogens (primary N) is 1. The van der Waals surface area contributed by atoms with E-state index >= 15 is 0 Å². The molecule has 2 N–H and O–H groups in total. The molecular formula is C16H23FN4O2. The Hall–Kier alpha value is -1.73. The van der Waals surface area contributed by atoms with Crippen molar-refractivity contribution in [2.45, 2.75) is 43.9 Å². The number of nitrogens with zero attached hydrogens (tertiary/aromatic N) is 3. The van der Waals surface area contributed by atoms with Crippen molar-refractivity contribution < 1.29 is 13.9 Å². The van der Waals surface area contributed by atoms with Crippen molar-refractivity contribution in [3.63, 3.8) is 0 Å².